The zero-order valence-electron chi connectivity index (χ0n) is 13.7. The fourth-order valence-electron chi connectivity index (χ4n) is 2.47. The molecule has 2 aromatic carbocycles. The predicted octanol–water partition coefficient (Wildman–Crippen LogP) is 3.71. The Hall–Kier alpha value is -2.79. The summed E-state index contributed by atoms with van der Waals surface area (Å²) in [6, 6.07) is 14.5. The lowest BCUT2D eigenvalue weighted by Gasteiger charge is -2.11. The molecule has 5 nitrogen and oxygen atoms in total. The van der Waals surface area contributed by atoms with Crippen LogP contribution < -0.4 is 14.8 Å². The summed E-state index contributed by atoms with van der Waals surface area (Å²) in [4.78, 5) is 16.6. The number of hydrogen-bond acceptors (Lipinski definition) is 4. The quantitative estimate of drug-likeness (QED) is 0.684. The minimum Gasteiger partial charge on any atom is -0.496 e. The first-order valence-electron chi connectivity index (χ1n) is 7.77. The van der Waals surface area contributed by atoms with Crippen molar-refractivity contribution in [3.8, 4) is 11.5 Å². The number of carbonyl (C=O) groups excluding carboxylic acids is 1. The number of rotatable bonds is 6. The number of nitrogens with zero attached hydrogens (tertiary/aromatic N) is 1. The number of amides is 1. The van der Waals surface area contributed by atoms with E-state index < -0.39 is 0 Å². The molecule has 3 rings (SSSR count). The van der Waals surface area contributed by atoms with E-state index in [0.29, 0.717) is 35.2 Å². The molecule has 25 heavy (non-hydrogen) atoms. The van der Waals surface area contributed by atoms with Gasteiger partial charge in [0.05, 0.1) is 19.2 Å². The Morgan fingerprint density at radius 1 is 1.16 bits per heavy atom. The first-order valence-corrected chi connectivity index (χ1v) is 8.15. The van der Waals surface area contributed by atoms with Gasteiger partial charge in [0.15, 0.2) is 0 Å². The lowest BCUT2D eigenvalue weighted by molar-refractivity contribution is 0.0944. The molecule has 0 aliphatic carbocycles. The van der Waals surface area contributed by atoms with E-state index in [-0.39, 0.29) is 5.91 Å². The van der Waals surface area contributed by atoms with E-state index >= 15 is 0 Å². The van der Waals surface area contributed by atoms with E-state index in [2.05, 4.69) is 10.3 Å². The van der Waals surface area contributed by atoms with Crippen LogP contribution >= 0.6 is 11.6 Å². The molecule has 1 heterocycles. The molecule has 3 aromatic rings. The van der Waals surface area contributed by atoms with Gasteiger partial charge in [0, 0.05) is 16.6 Å². The highest BCUT2D eigenvalue weighted by molar-refractivity contribution is 6.31. The van der Waals surface area contributed by atoms with Crippen molar-refractivity contribution in [3.05, 3.63) is 65.3 Å². The van der Waals surface area contributed by atoms with E-state index in [1.54, 1.807) is 24.4 Å². The van der Waals surface area contributed by atoms with E-state index in [1.807, 2.05) is 30.3 Å². The molecule has 128 valence electrons. The number of aromatic nitrogens is 1. The molecule has 1 aromatic heterocycles. The van der Waals surface area contributed by atoms with Gasteiger partial charge in [-0.05, 0) is 30.3 Å². The smallest absolute Gasteiger partial charge is 0.255 e. The van der Waals surface area contributed by atoms with Crippen molar-refractivity contribution in [2.45, 2.75) is 0 Å². The molecule has 0 bridgehead atoms. The molecule has 0 radical (unpaired) electrons. The molecule has 1 N–H and O–H groups in total. The standard InChI is InChI=1S/C19H17ClN2O3/c1-24-16-8-7-14(20)12-15(16)19(23)22-10-11-25-17-6-2-4-13-5-3-9-21-18(13)17/h2-9,12H,10-11H2,1H3,(H,22,23). The van der Waals surface area contributed by atoms with E-state index in [1.165, 1.54) is 7.11 Å². The number of para-hydroxylation sites is 1. The van der Waals surface area contributed by atoms with Crippen LogP contribution in [0.5, 0.6) is 11.5 Å². The molecule has 0 aliphatic rings. The lowest BCUT2D eigenvalue weighted by atomic mass is 10.2. The Morgan fingerprint density at radius 3 is 2.84 bits per heavy atom. The number of nitrogens with one attached hydrogen (secondary N) is 1. The summed E-state index contributed by atoms with van der Waals surface area (Å²) in [5, 5.41) is 4.28. The average molecular weight is 357 g/mol. The third kappa shape index (κ3) is 4.00. The van der Waals surface area contributed by atoms with Crippen LogP contribution in [0.25, 0.3) is 10.9 Å². The summed E-state index contributed by atoms with van der Waals surface area (Å²) in [5.41, 5.74) is 1.19. The largest absolute Gasteiger partial charge is 0.496 e. The second-order valence-electron chi connectivity index (χ2n) is 5.28. The van der Waals surface area contributed by atoms with Crippen LogP contribution in [0.2, 0.25) is 5.02 Å². The number of ether oxygens (including phenoxy) is 2. The Kier molecular flexibility index (Phi) is 5.36. The maximum Gasteiger partial charge on any atom is 0.255 e. The van der Waals surface area contributed by atoms with Crippen LogP contribution in [0.1, 0.15) is 10.4 Å². The molecule has 0 aliphatic heterocycles. The monoisotopic (exact) mass is 356 g/mol. The topological polar surface area (TPSA) is 60.5 Å². The van der Waals surface area contributed by atoms with Gasteiger partial charge in [-0.2, -0.15) is 0 Å². The normalized spacial score (nSPS) is 10.5. The van der Waals surface area contributed by atoms with E-state index in [9.17, 15) is 4.79 Å². The van der Waals surface area contributed by atoms with Crippen molar-refractivity contribution in [1.29, 1.82) is 0 Å². The van der Waals surface area contributed by atoms with Gasteiger partial charge in [0.2, 0.25) is 0 Å². The summed E-state index contributed by atoms with van der Waals surface area (Å²) < 4.78 is 10.9. The van der Waals surface area contributed by atoms with E-state index in [0.717, 1.165) is 10.9 Å². The van der Waals surface area contributed by atoms with Gasteiger partial charge in [-0.3, -0.25) is 9.78 Å². The van der Waals surface area contributed by atoms with E-state index in [4.69, 9.17) is 21.1 Å². The lowest BCUT2D eigenvalue weighted by Crippen LogP contribution is -2.28. The van der Waals surface area contributed by atoms with Crippen LogP contribution in [0.4, 0.5) is 0 Å². The minimum absolute atomic E-state index is 0.265. The van der Waals surface area contributed by atoms with Crippen molar-refractivity contribution in [3.63, 3.8) is 0 Å². The number of methoxy groups -OCH3 is 1. The van der Waals surface area contributed by atoms with Gasteiger partial charge in [0.25, 0.3) is 5.91 Å². The molecule has 0 saturated carbocycles. The predicted molar refractivity (Wildman–Crippen MR) is 97.6 cm³/mol. The second-order valence-corrected chi connectivity index (χ2v) is 5.72. The third-order valence-corrected chi connectivity index (χ3v) is 3.88. The number of fused-ring (bicyclic) bond motifs is 1. The van der Waals surface area contributed by atoms with Gasteiger partial charge >= 0.3 is 0 Å². The zero-order valence-corrected chi connectivity index (χ0v) is 14.4. The van der Waals surface area contributed by atoms with Gasteiger partial charge < -0.3 is 14.8 Å². The third-order valence-electron chi connectivity index (χ3n) is 3.65. The fourth-order valence-corrected chi connectivity index (χ4v) is 2.64. The highest BCUT2D eigenvalue weighted by Gasteiger charge is 2.12. The van der Waals surface area contributed by atoms with Crippen molar-refractivity contribution in [2.75, 3.05) is 20.3 Å². The van der Waals surface area contributed by atoms with Gasteiger partial charge in [-0.1, -0.05) is 29.8 Å². The first-order chi connectivity index (χ1) is 12.2. The SMILES string of the molecule is COc1ccc(Cl)cc1C(=O)NCCOc1cccc2cccnc12. The summed E-state index contributed by atoms with van der Waals surface area (Å²) in [6.45, 7) is 0.669. The first kappa shape index (κ1) is 17.0. The number of carbonyl (C=O) groups is 1. The zero-order chi connectivity index (χ0) is 17.6. The van der Waals surface area contributed by atoms with Crippen LogP contribution in [-0.2, 0) is 0 Å². The summed E-state index contributed by atoms with van der Waals surface area (Å²) >= 11 is 5.95. The summed E-state index contributed by atoms with van der Waals surface area (Å²) in [6.07, 6.45) is 1.72. The Bertz CT molecular complexity index is 893. The van der Waals surface area contributed by atoms with Gasteiger partial charge in [0.1, 0.15) is 23.6 Å². The van der Waals surface area contributed by atoms with Crippen molar-refractivity contribution in [2.24, 2.45) is 0 Å². The molecule has 1 amide bonds. The molecular formula is C19H17ClN2O3. The molecular weight excluding hydrogens is 340 g/mol. The molecule has 0 saturated heterocycles. The molecule has 0 fully saturated rings. The molecule has 0 unspecified atom stereocenters. The van der Waals surface area contributed by atoms with Crippen LogP contribution in [0.3, 0.4) is 0 Å². The maximum absolute atomic E-state index is 12.3. The molecule has 0 spiro atoms. The number of benzene rings is 2. The summed E-state index contributed by atoms with van der Waals surface area (Å²) in [7, 11) is 1.51. The van der Waals surface area contributed by atoms with Crippen LogP contribution in [-0.4, -0.2) is 31.2 Å². The maximum atomic E-state index is 12.3. The van der Waals surface area contributed by atoms with Crippen molar-refractivity contribution >= 4 is 28.4 Å². The van der Waals surface area contributed by atoms with Crippen LogP contribution in [0, 0.1) is 0 Å². The fraction of sp³-hybridized carbons (Fsp3) is 0.158. The highest BCUT2D eigenvalue weighted by Crippen LogP contribution is 2.23. The average Bonchev–Trinajstić information content (AvgIpc) is 2.65. The second kappa shape index (κ2) is 7.85. The number of pyridine rings is 1. The minimum atomic E-state index is -0.265. The van der Waals surface area contributed by atoms with Gasteiger partial charge in [-0.25, -0.2) is 0 Å². The Balaban J connectivity index is 1.60. The highest BCUT2D eigenvalue weighted by atomic mass is 35.5. The molecule has 6 heteroatoms. The van der Waals surface area contributed by atoms with Crippen LogP contribution in [0.15, 0.2) is 54.7 Å². The molecule has 0 atom stereocenters. The number of halogens is 1. The van der Waals surface area contributed by atoms with Crippen molar-refractivity contribution < 1.29 is 14.3 Å². The van der Waals surface area contributed by atoms with Gasteiger partial charge in [-0.15, -0.1) is 0 Å². The Morgan fingerprint density at radius 2 is 2.00 bits per heavy atom. The number of hydrogen-bond donors (Lipinski definition) is 1. The summed E-state index contributed by atoms with van der Waals surface area (Å²) in [5.74, 6) is 0.896. The van der Waals surface area contributed by atoms with Crippen molar-refractivity contribution in [1.82, 2.24) is 10.3 Å². The Labute approximate surface area is 150 Å².